The molecule has 1 aromatic carbocycles. The van der Waals surface area contributed by atoms with Gasteiger partial charge >= 0.3 is 12.1 Å². The van der Waals surface area contributed by atoms with Crippen LogP contribution in [0.1, 0.15) is 34.2 Å². The first-order valence-corrected chi connectivity index (χ1v) is 10.9. The number of ketones is 1. The van der Waals surface area contributed by atoms with Gasteiger partial charge in [-0.05, 0) is 45.0 Å². The van der Waals surface area contributed by atoms with Gasteiger partial charge in [0, 0.05) is 23.5 Å². The molecule has 31 heavy (non-hydrogen) atoms. The van der Waals surface area contributed by atoms with Gasteiger partial charge in [-0.2, -0.15) is 17.9 Å². The second-order valence-corrected chi connectivity index (χ2v) is 8.72. The summed E-state index contributed by atoms with van der Waals surface area (Å²) in [5.41, 5.74) is 0.736. The molecule has 0 aliphatic carbocycles. The zero-order valence-corrected chi connectivity index (χ0v) is 18.4. The molecule has 0 unspecified atom stereocenters. The van der Waals surface area contributed by atoms with Crippen LogP contribution in [-0.2, 0) is 32.3 Å². The van der Waals surface area contributed by atoms with E-state index in [1.165, 1.54) is 0 Å². The van der Waals surface area contributed by atoms with Crippen LogP contribution in [-0.4, -0.2) is 37.9 Å². The number of aromatic nitrogens is 1. The summed E-state index contributed by atoms with van der Waals surface area (Å²) >= 11 is 5.71. The minimum absolute atomic E-state index is 0.364. The van der Waals surface area contributed by atoms with Gasteiger partial charge in [0.25, 0.3) is 0 Å². The third kappa shape index (κ3) is 5.86. The van der Waals surface area contributed by atoms with Gasteiger partial charge in [-0.15, -0.1) is 0 Å². The number of carbonyl (C=O) groups excluding carboxylic acids is 2. The quantitative estimate of drug-likeness (QED) is 0.461. The second kappa shape index (κ2) is 9.41. The molecule has 1 heterocycles. The molecule has 2 rings (SSSR count). The highest BCUT2D eigenvalue weighted by molar-refractivity contribution is 7.89. The van der Waals surface area contributed by atoms with Crippen LogP contribution < -0.4 is 4.72 Å². The van der Waals surface area contributed by atoms with Crippen LogP contribution in [0.3, 0.4) is 0 Å². The number of nitrogens with one attached hydrogen (secondary N) is 1. The number of hydrogen-bond acceptors (Lipinski definition) is 5. The van der Waals surface area contributed by atoms with E-state index in [0.717, 1.165) is 11.8 Å². The van der Waals surface area contributed by atoms with Gasteiger partial charge in [-0.25, -0.2) is 8.42 Å². The molecule has 2 aromatic rings. The van der Waals surface area contributed by atoms with Gasteiger partial charge in [0.05, 0.1) is 10.6 Å². The number of alkyl halides is 3. The van der Waals surface area contributed by atoms with Gasteiger partial charge in [0.1, 0.15) is 11.4 Å². The smallest absolute Gasteiger partial charge is 0.416 e. The minimum Gasteiger partial charge on any atom is -0.456 e. The molecule has 1 aromatic heterocycles. The maximum Gasteiger partial charge on any atom is 0.416 e. The summed E-state index contributed by atoms with van der Waals surface area (Å²) in [7, 11) is -4.54. The van der Waals surface area contributed by atoms with E-state index in [2.05, 4.69) is 0 Å². The van der Waals surface area contributed by atoms with Crippen molar-refractivity contribution in [1.82, 2.24) is 9.29 Å². The summed E-state index contributed by atoms with van der Waals surface area (Å²) < 4.78 is 71.6. The molecule has 0 spiro atoms. The Balaban J connectivity index is 2.02. The first-order valence-electron chi connectivity index (χ1n) is 9.00. The molecule has 0 aliphatic rings. The normalized spacial score (nSPS) is 12.1. The predicted octanol–water partition coefficient (Wildman–Crippen LogP) is 3.50. The summed E-state index contributed by atoms with van der Waals surface area (Å²) in [4.78, 5) is 23.3. The van der Waals surface area contributed by atoms with Crippen molar-refractivity contribution in [2.75, 3.05) is 13.2 Å². The largest absolute Gasteiger partial charge is 0.456 e. The minimum atomic E-state index is -4.78. The molecule has 0 bridgehead atoms. The fourth-order valence-corrected chi connectivity index (χ4v) is 4.45. The zero-order chi connectivity index (χ0) is 23.6. The number of Topliss-reactive ketones (excluding diaryl/α,β-unsaturated/α-hetero) is 1. The van der Waals surface area contributed by atoms with Crippen molar-refractivity contribution < 1.29 is 35.9 Å². The molecule has 170 valence electrons. The Hall–Kier alpha value is -2.37. The molecule has 0 amide bonds. The molecule has 0 atom stereocenters. The average Bonchev–Trinajstić information content (AvgIpc) is 2.97. The standard InChI is InChI=1S/C19H20ClF3N2O5S/c1-4-25-11(2)7-14(12(25)3)16(26)10-30-18(27)9-24-31(28,29)17-8-13(19(21,22)23)5-6-15(17)20/h5-8,24H,4,9-10H2,1-3H3. The highest BCUT2D eigenvalue weighted by atomic mass is 35.5. The lowest BCUT2D eigenvalue weighted by atomic mass is 10.1. The van der Waals surface area contributed by atoms with E-state index >= 15 is 0 Å². The van der Waals surface area contributed by atoms with E-state index in [4.69, 9.17) is 16.3 Å². The van der Waals surface area contributed by atoms with Crippen LogP contribution in [0.5, 0.6) is 0 Å². The summed E-state index contributed by atoms with van der Waals surface area (Å²) in [6.45, 7) is 4.64. The molecule has 1 N–H and O–H groups in total. The number of nitrogens with zero attached hydrogens (tertiary/aromatic N) is 1. The van der Waals surface area contributed by atoms with Crippen LogP contribution in [0.25, 0.3) is 0 Å². The average molecular weight is 481 g/mol. The van der Waals surface area contributed by atoms with Crippen molar-refractivity contribution in [3.05, 3.63) is 51.8 Å². The molecule has 12 heteroatoms. The monoisotopic (exact) mass is 480 g/mol. The fourth-order valence-electron chi connectivity index (χ4n) is 2.96. The third-order valence-electron chi connectivity index (χ3n) is 4.51. The van der Waals surface area contributed by atoms with E-state index in [1.807, 2.05) is 23.1 Å². The lowest BCUT2D eigenvalue weighted by Crippen LogP contribution is -2.32. The van der Waals surface area contributed by atoms with E-state index in [9.17, 15) is 31.2 Å². The number of esters is 1. The maximum atomic E-state index is 12.8. The van der Waals surface area contributed by atoms with Gasteiger partial charge in [-0.3, -0.25) is 9.59 Å². The van der Waals surface area contributed by atoms with Crippen LogP contribution in [0, 0.1) is 13.8 Å². The van der Waals surface area contributed by atoms with E-state index in [-0.39, 0.29) is 0 Å². The van der Waals surface area contributed by atoms with E-state index < -0.39 is 56.6 Å². The molecular formula is C19H20ClF3N2O5S. The highest BCUT2D eigenvalue weighted by Crippen LogP contribution is 2.33. The maximum absolute atomic E-state index is 12.8. The summed E-state index contributed by atoms with van der Waals surface area (Å²) in [5, 5.41) is -0.449. The second-order valence-electron chi connectivity index (χ2n) is 6.58. The van der Waals surface area contributed by atoms with Crippen molar-refractivity contribution in [2.45, 2.75) is 38.4 Å². The number of ether oxygens (including phenoxy) is 1. The molecule has 0 saturated heterocycles. The van der Waals surface area contributed by atoms with Crippen LogP contribution in [0.15, 0.2) is 29.2 Å². The van der Waals surface area contributed by atoms with Crippen molar-refractivity contribution in [3.8, 4) is 0 Å². The zero-order valence-electron chi connectivity index (χ0n) is 16.8. The third-order valence-corrected chi connectivity index (χ3v) is 6.39. The Bertz CT molecular complexity index is 1110. The number of hydrogen-bond donors (Lipinski definition) is 1. The van der Waals surface area contributed by atoms with Crippen LogP contribution in [0.2, 0.25) is 5.02 Å². The summed E-state index contributed by atoms with van der Waals surface area (Å²) in [6, 6.07) is 3.45. The number of benzene rings is 1. The van der Waals surface area contributed by atoms with Crippen LogP contribution >= 0.6 is 11.6 Å². The number of sulfonamides is 1. The predicted molar refractivity (Wildman–Crippen MR) is 107 cm³/mol. The molecule has 0 saturated carbocycles. The fraction of sp³-hybridized carbons (Fsp3) is 0.368. The van der Waals surface area contributed by atoms with Gasteiger partial charge < -0.3 is 9.30 Å². The van der Waals surface area contributed by atoms with E-state index in [1.54, 1.807) is 13.0 Å². The van der Waals surface area contributed by atoms with Crippen molar-refractivity contribution >= 4 is 33.4 Å². The first-order chi connectivity index (χ1) is 14.3. The Morgan fingerprint density at radius 2 is 1.84 bits per heavy atom. The molecule has 0 fully saturated rings. The lowest BCUT2D eigenvalue weighted by Gasteiger charge is -2.12. The number of rotatable bonds is 8. The van der Waals surface area contributed by atoms with Crippen molar-refractivity contribution in [3.63, 3.8) is 0 Å². The lowest BCUT2D eigenvalue weighted by molar-refractivity contribution is -0.141. The molecule has 7 nitrogen and oxygen atoms in total. The Labute approximate surface area is 182 Å². The SMILES string of the molecule is CCn1c(C)cc(C(=O)COC(=O)CNS(=O)(=O)c2cc(C(F)(F)F)ccc2Cl)c1C. The first kappa shape index (κ1) is 24.9. The number of carbonyl (C=O) groups is 2. The van der Waals surface area contributed by atoms with Gasteiger partial charge in [-0.1, -0.05) is 11.6 Å². The Kier molecular flexibility index (Phi) is 7.56. The topological polar surface area (TPSA) is 94.5 Å². The summed E-state index contributed by atoms with van der Waals surface area (Å²) in [5.74, 6) is -1.55. The highest BCUT2D eigenvalue weighted by Gasteiger charge is 2.33. The van der Waals surface area contributed by atoms with Gasteiger partial charge in [0.15, 0.2) is 6.61 Å². The molecule has 0 aliphatic heterocycles. The number of halogens is 4. The van der Waals surface area contributed by atoms with Crippen LogP contribution in [0.4, 0.5) is 13.2 Å². The van der Waals surface area contributed by atoms with Gasteiger partial charge in [0.2, 0.25) is 15.8 Å². The molecular weight excluding hydrogens is 461 g/mol. The number of aryl methyl sites for hydroxylation is 1. The Morgan fingerprint density at radius 1 is 1.19 bits per heavy atom. The van der Waals surface area contributed by atoms with E-state index in [0.29, 0.717) is 29.9 Å². The molecule has 0 radical (unpaired) electrons. The Morgan fingerprint density at radius 3 is 2.39 bits per heavy atom. The van der Waals surface area contributed by atoms with Crippen molar-refractivity contribution in [2.24, 2.45) is 0 Å². The van der Waals surface area contributed by atoms with Crippen molar-refractivity contribution in [1.29, 1.82) is 0 Å². The summed E-state index contributed by atoms with van der Waals surface area (Å²) in [6.07, 6.45) is -4.78.